The van der Waals surface area contributed by atoms with E-state index in [0.717, 1.165) is 16.7 Å². The average molecular weight is 413 g/mol. The van der Waals surface area contributed by atoms with Crippen molar-refractivity contribution in [2.24, 2.45) is 0 Å². The lowest BCUT2D eigenvalue weighted by Crippen LogP contribution is -2.27. The highest BCUT2D eigenvalue weighted by atomic mass is 32.2. The quantitative estimate of drug-likeness (QED) is 0.537. The number of aromatic nitrogens is 2. The number of rotatable bonds is 9. The standard InChI is InChI=1S/C21H23N3O4S/c1-14-4-7-16(8-5-14)20-23-24-21(28-20)29-13-19(25)22-11-10-15-6-9-17(26-2)18(12-15)27-3/h4-9,12H,10-11,13H2,1-3H3,(H,22,25). The molecule has 1 N–H and O–H groups in total. The Morgan fingerprint density at radius 2 is 1.83 bits per heavy atom. The van der Waals surface area contributed by atoms with Gasteiger partial charge in [0.05, 0.1) is 20.0 Å². The number of hydrogen-bond acceptors (Lipinski definition) is 7. The molecule has 0 atom stereocenters. The summed E-state index contributed by atoms with van der Waals surface area (Å²) < 4.78 is 16.1. The lowest BCUT2D eigenvalue weighted by molar-refractivity contribution is -0.118. The number of amides is 1. The lowest BCUT2D eigenvalue weighted by atomic mass is 10.1. The van der Waals surface area contributed by atoms with Crippen LogP contribution >= 0.6 is 11.8 Å². The molecule has 152 valence electrons. The third-order valence-corrected chi connectivity index (χ3v) is 5.03. The van der Waals surface area contributed by atoms with Crippen LogP contribution in [0.4, 0.5) is 0 Å². The van der Waals surface area contributed by atoms with Gasteiger partial charge in [0, 0.05) is 12.1 Å². The number of carbonyl (C=O) groups excluding carboxylic acids is 1. The summed E-state index contributed by atoms with van der Waals surface area (Å²) in [6.45, 7) is 2.54. The summed E-state index contributed by atoms with van der Waals surface area (Å²) in [4.78, 5) is 12.1. The summed E-state index contributed by atoms with van der Waals surface area (Å²) in [6, 6.07) is 13.5. The topological polar surface area (TPSA) is 86.5 Å². The van der Waals surface area contributed by atoms with Crippen LogP contribution in [0.1, 0.15) is 11.1 Å². The van der Waals surface area contributed by atoms with Crippen LogP contribution in [0, 0.1) is 6.92 Å². The molecule has 0 fully saturated rings. The van der Waals surface area contributed by atoms with E-state index in [0.29, 0.717) is 35.6 Å². The maximum Gasteiger partial charge on any atom is 0.277 e. The van der Waals surface area contributed by atoms with Crippen molar-refractivity contribution in [2.45, 2.75) is 18.6 Å². The zero-order valence-corrected chi connectivity index (χ0v) is 17.4. The van der Waals surface area contributed by atoms with Crippen LogP contribution in [-0.2, 0) is 11.2 Å². The van der Waals surface area contributed by atoms with Gasteiger partial charge in [-0.2, -0.15) is 0 Å². The monoisotopic (exact) mass is 413 g/mol. The van der Waals surface area contributed by atoms with Gasteiger partial charge in [0.25, 0.3) is 5.22 Å². The maximum absolute atomic E-state index is 12.1. The van der Waals surface area contributed by atoms with Crippen molar-refractivity contribution >= 4 is 17.7 Å². The van der Waals surface area contributed by atoms with E-state index >= 15 is 0 Å². The number of ether oxygens (including phenoxy) is 2. The number of aryl methyl sites for hydroxylation is 1. The van der Waals surface area contributed by atoms with Gasteiger partial charge >= 0.3 is 0 Å². The zero-order chi connectivity index (χ0) is 20.6. The molecule has 0 saturated carbocycles. The SMILES string of the molecule is COc1ccc(CCNC(=O)CSc2nnc(-c3ccc(C)cc3)o2)cc1OC. The summed E-state index contributed by atoms with van der Waals surface area (Å²) in [7, 11) is 3.20. The fourth-order valence-corrected chi connectivity index (χ4v) is 3.23. The molecule has 0 spiro atoms. The number of carbonyl (C=O) groups is 1. The highest BCUT2D eigenvalue weighted by Crippen LogP contribution is 2.27. The van der Waals surface area contributed by atoms with Gasteiger partial charge in [0.15, 0.2) is 11.5 Å². The summed E-state index contributed by atoms with van der Waals surface area (Å²) in [5.74, 6) is 1.92. The second-order valence-corrected chi connectivity index (χ2v) is 7.24. The summed E-state index contributed by atoms with van der Waals surface area (Å²) in [6.07, 6.45) is 0.689. The molecular formula is C21H23N3O4S. The molecule has 0 aliphatic rings. The Kier molecular flexibility index (Phi) is 7.13. The highest BCUT2D eigenvalue weighted by Gasteiger charge is 2.11. The minimum atomic E-state index is -0.0921. The fraction of sp³-hybridized carbons (Fsp3) is 0.286. The van der Waals surface area contributed by atoms with Crippen molar-refractivity contribution in [2.75, 3.05) is 26.5 Å². The predicted molar refractivity (Wildman–Crippen MR) is 111 cm³/mol. The van der Waals surface area contributed by atoms with Crippen LogP contribution in [-0.4, -0.2) is 42.6 Å². The molecule has 2 aromatic carbocycles. The molecule has 3 rings (SSSR count). The molecule has 29 heavy (non-hydrogen) atoms. The van der Waals surface area contributed by atoms with E-state index in [1.54, 1.807) is 14.2 Å². The summed E-state index contributed by atoms with van der Waals surface area (Å²) >= 11 is 1.22. The van der Waals surface area contributed by atoms with Gasteiger partial charge in [-0.3, -0.25) is 4.79 Å². The molecule has 0 unspecified atom stereocenters. The molecule has 0 radical (unpaired) electrons. The molecule has 0 bridgehead atoms. The molecule has 7 nitrogen and oxygen atoms in total. The van der Waals surface area contributed by atoms with E-state index in [9.17, 15) is 4.79 Å². The number of benzene rings is 2. The van der Waals surface area contributed by atoms with Crippen LogP contribution in [0.25, 0.3) is 11.5 Å². The van der Waals surface area contributed by atoms with Crippen LogP contribution in [0.15, 0.2) is 52.1 Å². The van der Waals surface area contributed by atoms with E-state index in [2.05, 4.69) is 15.5 Å². The van der Waals surface area contributed by atoms with Gasteiger partial charge in [-0.15, -0.1) is 10.2 Å². The smallest absolute Gasteiger partial charge is 0.277 e. The molecule has 1 amide bonds. The second-order valence-electron chi connectivity index (χ2n) is 6.32. The van der Waals surface area contributed by atoms with Gasteiger partial charge in [0.1, 0.15) is 0 Å². The van der Waals surface area contributed by atoms with Crippen molar-refractivity contribution in [1.29, 1.82) is 0 Å². The van der Waals surface area contributed by atoms with Crippen LogP contribution in [0.2, 0.25) is 0 Å². The third kappa shape index (κ3) is 5.74. The van der Waals surface area contributed by atoms with Crippen molar-refractivity contribution in [3.8, 4) is 23.0 Å². The van der Waals surface area contributed by atoms with Gasteiger partial charge in [-0.25, -0.2) is 0 Å². The van der Waals surface area contributed by atoms with E-state index < -0.39 is 0 Å². The summed E-state index contributed by atoms with van der Waals surface area (Å²) in [5.41, 5.74) is 3.07. The molecule has 1 heterocycles. The van der Waals surface area contributed by atoms with Crippen LogP contribution in [0.5, 0.6) is 11.5 Å². The minimum Gasteiger partial charge on any atom is -0.493 e. The number of nitrogens with zero attached hydrogens (tertiary/aromatic N) is 2. The van der Waals surface area contributed by atoms with Gasteiger partial charge < -0.3 is 19.2 Å². The Balaban J connectivity index is 1.44. The van der Waals surface area contributed by atoms with Crippen molar-refractivity contribution in [3.05, 3.63) is 53.6 Å². The largest absolute Gasteiger partial charge is 0.493 e. The lowest BCUT2D eigenvalue weighted by Gasteiger charge is -2.10. The number of hydrogen-bond donors (Lipinski definition) is 1. The van der Waals surface area contributed by atoms with Crippen LogP contribution in [0.3, 0.4) is 0 Å². The van der Waals surface area contributed by atoms with Gasteiger partial charge in [-0.1, -0.05) is 35.5 Å². The Morgan fingerprint density at radius 1 is 1.07 bits per heavy atom. The summed E-state index contributed by atoms with van der Waals surface area (Å²) in [5, 5.41) is 11.3. The molecule has 3 aromatic rings. The number of methoxy groups -OCH3 is 2. The van der Waals surface area contributed by atoms with E-state index in [4.69, 9.17) is 13.9 Å². The Morgan fingerprint density at radius 3 is 2.55 bits per heavy atom. The molecular weight excluding hydrogens is 390 g/mol. The van der Waals surface area contributed by atoms with E-state index in [1.807, 2.05) is 49.4 Å². The second kappa shape index (κ2) is 9.97. The Hall–Kier alpha value is -3.00. The normalized spacial score (nSPS) is 10.6. The Bertz CT molecular complexity index is 957. The van der Waals surface area contributed by atoms with Gasteiger partial charge in [-0.05, 0) is 43.2 Å². The maximum atomic E-state index is 12.1. The van der Waals surface area contributed by atoms with E-state index in [-0.39, 0.29) is 11.7 Å². The molecule has 1 aromatic heterocycles. The molecule has 0 aliphatic carbocycles. The minimum absolute atomic E-state index is 0.0921. The average Bonchev–Trinajstić information content (AvgIpc) is 3.21. The highest BCUT2D eigenvalue weighted by molar-refractivity contribution is 7.99. The first-order valence-electron chi connectivity index (χ1n) is 9.10. The molecule has 8 heteroatoms. The van der Waals surface area contributed by atoms with Crippen molar-refractivity contribution in [3.63, 3.8) is 0 Å². The zero-order valence-electron chi connectivity index (χ0n) is 16.6. The number of thioether (sulfide) groups is 1. The fourth-order valence-electron chi connectivity index (χ4n) is 2.64. The Labute approximate surface area is 173 Å². The first-order valence-corrected chi connectivity index (χ1v) is 10.1. The first kappa shape index (κ1) is 20.7. The first-order chi connectivity index (χ1) is 14.1. The predicted octanol–water partition coefficient (Wildman–Crippen LogP) is 3.51. The van der Waals surface area contributed by atoms with Crippen molar-refractivity contribution in [1.82, 2.24) is 15.5 Å². The molecule has 0 saturated heterocycles. The molecule has 0 aliphatic heterocycles. The van der Waals surface area contributed by atoms with Crippen LogP contribution < -0.4 is 14.8 Å². The van der Waals surface area contributed by atoms with Gasteiger partial charge in [0.2, 0.25) is 11.8 Å². The number of nitrogens with one attached hydrogen (secondary N) is 1. The van der Waals surface area contributed by atoms with Crippen molar-refractivity contribution < 1.29 is 18.7 Å². The third-order valence-electron chi connectivity index (χ3n) is 4.22. The van der Waals surface area contributed by atoms with E-state index in [1.165, 1.54) is 11.8 Å².